The van der Waals surface area contributed by atoms with Gasteiger partial charge in [-0.25, -0.2) is 0 Å². The monoisotopic (exact) mass is 188 g/mol. The Kier molecular flexibility index (Phi) is 5.66. The van der Waals surface area contributed by atoms with Crippen molar-refractivity contribution in [2.45, 2.75) is 51.7 Å². The molecule has 0 atom stereocenters. The van der Waals surface area contributed by atoms with Crippen molar-refractivity contribution in [1.82, 2.24) is 5.43 Å². The van der Waals surface area contributed by atoms with Crippen molar-refractivity contribution in [1.29, 1.82) is 0 Å². The van der Waals surface area contributed by atoms with Gasteiger partial charge in [0, 0.05) is 6.04 Å². The second-order valence-corrected chi connectivity index (χ2v) is 4.12. The van der Waals surface area contributed by atoms with Crippen LogP contribution < -0.4 is 11.3 Å². The molecule has 0 radical (unpaired) electrons. The Hall–Kier alpha value is -0.610. The summed E-state index contributed by atoms with van der Waals surface area (Å²) >= 11 is 0. The van der Waals surface area contributed by atoms with Gasteiger partial charge in [0.15, 0.2) is 0 Å². The van der Waals surface area contributed by atoms with Crippen LogP contribution in [0.1, 0.15) is 40.0 Å². The largest absolute Gasteiger partial charge is 0.462 e. The highest BCUT2D eigenvalue weighted by atomic mass is 16.5. The molecule has 0 unspecified atom stereocenters. The van der Waals surface area contributed by atoms with E-state index >= 15 is 0 Å². The molecule has 0 aromatic rings. The molecule has 0 aliphatic heterocycles. The Balaban J connectivity index is 0.000000223. The smallest absolute Gasteiger partial charge is 0.293 e. The first kappa shape index (κ1) is 12.4. The van der Waals surface area contributed by atoms with E-state index in [-0.39, 0.29) is 5.60 Å². The van der Waals surface area contributed by atoms with Gasteiger partial charge in [0.05, 0.1) is 0 Å². The van der Waals surface area contributed by atoms with Gasteiger partial charge in [-0.15, -0.1) is 0 Å². The van der Waals surface area contributed by atoms with Crippen LogP contribution in [-0.2, 0) is 9.53 Å². The molecule has 0 spiro atoms. The first-order valence-electron chi connectivity index (χ1n) is 4.57. The lowest BCUT2D eigenvalue weighted by Crippen LogP contribution is -2.39. The number of ether oxygens (including phenoxy) is 1. The van der Waals surface area contributed by atoms with Crippen LogP contribution in [0.2, 0.25) is 0 Å². The maximum Gasteiger partial charge on any atom is 0.293 e. The number of nitrogens with one attached hydrogen (secondary N) is 1. The first-order chi connectivity index (χ1) is 5.99. The Morgan fingerprint density at radius 3 is 2.00 bits per heavy atom. The van der Waals surface area contributed by atoms with Crippen LogP contribution in [0.5, 0.6) is 0 Å². The number of carbonyl (C=O) groups is 1. The second kappa shape index (κ2) is 5.94. The van der Waals surface area contributed by atoms with E-state index in [4.69, 9.17) is 5.84 Å². The van der Waals surface area contributed by atoms with Crippen molar-refractivity contribution >= 4 is 6.47 Å². The molecule has 78 valence electrons. The van der Waals surface area contributed by atoms with Crippen LogP contribution in [0.25, 0.3) is 0 Å². The van der Waals surface area contributed by atoms with Gasteiger partial charge in [0.2, 0.25) is 0 Å². The summed E-state index contributed by atoms with van der Waals surface area (Å²) in [4.78, 5) is 9.60. The van der Waals surface area contributed by atoms with Gasteiger partial charge in [0.1, 0.15) is 5.60 Å². The molecule has 4 nitrogen and oxygen atoms in total. The van der Waals surface area contributed by atoms with E-state index in [2.05, 4.69) is 10.2 Å². The van der Waals surface area contributed by atoms with E-state index < -0.39 is 0 Å². The molecule has 1 aliphatic carbocycles. The number of hydrogen-bond acceptors (Lipinski definition) is 4. The zero-order chi connectivity index (χ0) is 10.3. The zero-order valence-corrected chi connectivity index (χ0v) is 8.67. The lowest BCUT2D eigenvalue weighted by molar-refractivity contribution is -0.138. The molecular formula is C9H20N2O2. The van der Waals surface area contributed by atoms with Crippen molar-refractivity contribution < 1.29 is 9.53 Å². The van der Waals surface area contributed by atoms with E-state index in [1.165, 1.54) is 19.3 Å². The lowest BCUT2D eigenvalue weighted by Gasteiger charge is -2.23. The molecule has 0 heterocycles. The Morgan fingerprint density at radius 1 is 1.46 bits per heavy atom. The lowest BCUT2D eigenvalue weighted by atomic mass is 9.94. The number of hydrogen-bond donors (Lipinski definition) is 2. The van der Waals surface area contributed by atoms with Crippen molar-refractivity contribution in [2.24, 2.45) is 5.84 Å². The van der Waals surface area contributed by atoms with Gasteiger partial charge >= 0.3 is 0 Å². The number of rotatable bonds is 2. The number of carbonyl (C=O) groups excluding carboxylic acids is 1. The van der Waals surface area contributed by atoms with Crippen LogP contribution in [0, 0.1) is 0 Å². The quantitative estimate of drug-likeness (QED) is 0.385. The molecule has 13 heavy (non-hydrogen) atoms. The van der Waals surface area contributed by atoms with Crippen molar-refractivity contribution in [3.05, 3.63) is 0 Å². The van der Waals surface area contributed by atoms with Gasteiger partial charge < -0.3 is 4.74 Å². The van der Waals surface area contributed by atoms with Crippen molar-refractivity contribution in [3.63, 3.8) is 0 Å². The van der Waals surface area contributed by atoms with E-state index in [9.17, 15) is 4.79 Å². The van der Waals surface area contributed by atoms with Crippen LogP contribution in [0.3, 0.4) is 0 Å². The summed E-state index contributed by atoms with van der Waals surface area (Å²) in [5.41, 5.74) is 2.38. The molecule has 0 amide bonds. The van der Waals surface area contributed by atoms with E-state index in [0.717, 1.165) is 0 Å². The average molecular weight is 188 g/mol. The van der Waals surface area contributed by atoms with E-state index in [1.54, 1.807) is 0 Å². The highest BCUT2D eigenvalue weighted by molar-refractivity contribution is 5.37. The summed E-state index contributed by atoms with van der Waals surface area (Å²) in [6.45, 7) is 5.92. The maximum absolute atomic E-state index is 9.60. The van der Waals surface area contributed by atoms with Crippen LogP contribution >= 0.6 is 0 Å². The van der Waals surface area contributed by atoms with Crippen LogP contribution in [0.4, 0.5) is 0 Å². The second-order valence-electron chi connectivity index (χ2n) is 4.12. The molecule has 1 rings (SSSR count). The van der Waals surface area contributed by atoms with Crippen LogP contribution in [-0.4, -0.2) is 18.1 Å². The minimum atomic E-state index is -0.318. The maximum atomic E-state index is 9.60. The third kappa shape index (κ3) is 7.74. The molecule has 0 aromatic heterocycles. The van der Waals surface area contributed by atoms with Gasteiger partial charge in [-0.05, 0) is 33.6 Å². The Morgan fingerprint density at radius 2 is 2.00 bits per heavy atom. The van der Waals surface area contributed by atoms with Crippen molar-refractivity contribution in [2.75, 3.05) is 0 Å². The third-order valence-corrected chi connectivity index (χ3v) is 1.74. The van der Waals surface area contributed by atoms with Gasteiger partial charge in [-0.3, -0.25) is 16.1 Å². The zero-order valence-electron chi connectivity index (χ0n) is 8.67. The predicted octanol–water partition coefficient (Wildman–Crippen LogP) is 0.960. The molecule has 0 bridgehead atoms. The standard InChI is InChI=1S/C5H10O2.C4H10N2/c1-5(2,3)7-4-6;5-6-4-2-1-3-4/h4H,1-3H3;4,6H,1-3,5H2. The molecule has 3 N–H and O–H groups in total. The first-order valence-corrected chi connectivity index (χ1v) is 4.57. The summed E-state index contributed by atoms with van der Waals surface area (Å²) in [6, 6.07) is 0.644. The number of hydrazine groups is 1. The summed E-state index contributed by atoms with van der Waals surface area (Å²) < 4.78 is 4.55. The van der Waals surface area contributed by atoms with Gasteiger partial charge in [0.25, 0.3) is 6.47 Å². The third-order valence-electron chi connectivity index (χ3n) is 1.74. The summed E-state index contributed by atoms with van der Waals surface area (Å²) in [5.74, 6) is 5.08. The molecule has 0 saturated heterocycles. The summed E-state index contributed by atoms with van der Waals surface area (Å²) in [6.07, 6.45) is 3.90. The highest BCUT2D eigenvalue weighted by Crippen LogP contribution is 2.16. The topological polar surface area (TPSA) is 64.3 Å². The highest BCUT2D eigenvalue weighted by Gasteiger charge is 2.13. The Bertz CT molecular complexity index is 136. The minimum absolute atomic E-state index is 0.318. The van der Waals surface area contributed by atoms with E-state index in [1.807, 2.05) is 20.8 Å². The normalized spacial score (nSPS) is 16.6. The van der Waals surface area contributed by atoms with E-state index in [0.29, 0.717) is 12.5 Å². The molecule has 1 aliphatic rings. The van der Waals surface area contributed by atoms with Crippen molar-refractivity contribution in [3.8, 4) is 0 Å². The molecular weight excluding hydrogens is 168 g/mol. The fraction of sp³-hybridized carbons (Fsp3) is 0.889. The van der Waals surface area contributed by atoms with Crippen LogP contribution in [0.15, 0.2) is 0 Å². The molecule has 0 aromatic carbocycles. The SMILES string of the molecule is CC(C)(C)OC=O.NNC1CCC1. The summed E-state index contributed by atoms with van der Waals surface area (Å²) in [5, 5.41) is 0. The molecule has 1 saturated carbocycles. The molecule has 1 fully saturated rings. The average Bonchev–Trinajstić information content (AvgIpc) is 1.82. The van der Waals surface area contributed by atoms with Gasteiger partial charge in [-0.1, -0.05) is 6.42 Å². The fourth-order valence-corrected chi connectivity index (χ4v) is 0.719. The minimum Gasteiger partial charge on any atom is -0.462 e. The summed E-state index contributed by atoms with van der Waals surface area (Å²) in [7, 11) is 0. The predicted molar refractivity (Wildman–Crippen MR) is 51.9 cm³/mol. The molecule has 4 heteroatoms. The van der Waals surface area contributed by atoms with Gasteiger partial charge in [-0.2, -0.15) is 0 Å². The number of nitrogens with two attached hydrogens (primary N) is 1. The Labute approximate surface area is 79.8 Å². The fourth-order valence-electron chi connectivity index (χ4n) is 0.719.